The van der Waals surface area contributed by atoms with E-state index in [1.165, 1.54) is 0 Å². The van der Waals surface area contributed by atoms with Gasteiger partial charge in [0.05, 0.1) is 19.8 Å². The van der Waals surface area contributed by atoms with Gasteiger partial charge < -0.3 is 42.6 Å². The zero-order valence-corrected chi connectivity index (χ0v) is 41.7. The molecule has 24 atom stereocenters. The SMILES string of the molecule is C[C@@H]1CC[C@H]2[C@@H](C)C(OCCN(CCOC3O[C@@H]4OC5(C)CC[C@H]6[C@H](C)CC[C@@H]([C@H]3C)[C@@]46OO5)CCOC3O[C@@H]4OC5(C)CC[C@H]6[C@H](C)CC[C@@H]([C@H]3C)[C@@]46OO5)O[C@@H]3OC4(C)CC[C@@H]1[C@]32OO4. The molecule has 16 heteroatoms. The lowest BCUT2D eigenvalue weighted by atomic mass is 9.58. The maximum absolute atomic E-state index is 6.81. The fraction of sp³-hybridized carbons (Fsp3) is 1.00. The highest BCUT2D eigenvalue weighted by molar-refractivity contribution is 5.12. The van der Waals surface area contributed by atoms with E-state index >= 15 is 0 Å². The summed E-state index contributed by atoms with van der Waals surface area (Å²) in [6, 6.07) is 0. The Morgan fingerprint density at radius 3 is 0.985 bits per heavy atom. The Balaban J connectivity index is 0.730. The molecule has 0 aromatic heterocycles. The molecular formula is C51H81NO15. The Labute approximate surface area is 397 Å². The highest BCUT2D eigenvalue weighted by Gasteiger charge is 2.72. The topological polar surface area (TPSA) is 142 Å². The first-order valence-electron chi connectivity index (χ1n) is 26.8. The average molecular weight is 948 g/mol. The molecule has 6 unspecified atom stereocenters. The molecule has 380 valence electrons. The van der Waals surface area contributed by atoms with Crippen molar-refractivity contribution in [3.63, 3.8) is 0 Å². The van der Waals surface area contributed by atoms with Crippen LogP contribution in [0.15, 0.2) is 0 Å². The lowest BCUT2D eigenvalue weighted by Crippen LogP contribution is -2.70. The van der Waals surface area contributed by atoms with E-state index in [1.54, 1.807) is 0 Å². The number of hydrogen-bond acceptors (Lipinski definition) is 16. The molecule has 0 aromatic rings. The predicted octanol–water partition coefficient (Wildman–Crippen LogP) is 7.96. The van der Waals surface area contributed by atoms with Crippen molar-refractivity contribution in [3.8, 4) is 0 Å². The van der Waals surface area contributed by atoms with Crippen LogP contribution >= 0.6 is 0 Å². The molecule has 3 spiro atoms. The van der Waals surface area contributed by atoms with E-state index < -0.39 is 71.9 Å². The zero-order valence-electron chi connectivity index (χ0n) is 41.7. The maximum atomic E-state index is 6.81. The van der Waals surface area contributed by atoms with Crippen LogP contribution in [-0.4, -0.2) is 116 Å². The molecule has 67 heavy (non-hydrogen) atoms. The molecule has 12 heterocycles. The van der Waals surface area contributed by atoms with E-state index in [4.69, 9.17) is 72.0 Å². The molecule has 0 N–H and O–H groups in total. The van der Waals surface area contributed by atoms with Crippen LogP contribution in [-0.2, 0) is 72.0 Å². The van der Waals surface area contributed by atoms with Gasteiger partial charge in [-0.1, -0.05) is 41.5 Å². The fourth-order valence-corrected chi connectivity index (χ4v) is 16.4. The summed E-state index contributed by atoms with van der Waals surface area (Å²) < 4.78 is 60.6. The Hall–Kier alpha value is -0.640. The summed E-state index contributed by atoms with van der Waals surface area (Å²) in [4.78, 5) is 39.8. The van der Waals surface area contributed by atoms with Crippen LogP contribution in [0, 0.1) is 71.0 Å². The third-order valence-electron chi connectivity index (χ3n) is 20.4. The molecule has 6 bridgehead atoms. The lowest BCUT2D eigenvalue weighted by molar-refractivity contribution is -0.577. The molecule has 3 saturated carbocycles. The van der Waals surface area contributed by atoms with Gasteiger partial charge in [0.15, 0.2) is 54.5 Å². The van der Waals surface area contributed by atoms with Gasteiger partial charge in [0.25, 0.3) is 0 Å². The van der Waals surface area contributed by atoms with Crippen LogP contribution in [0.5, 0.6) is 0 Å². The minimum Gasteiger partial charge on any atom is -0.351 e. The fourth-order valence-electron chi connectivity index (χ4n) is 16.4. The van der Waals surface area contributed by atoms with Crippen molar-refractivity contribution in [1.29, 1.82) is 0 Å². The molecule has 12 saturated heterocycles. The third-order valence-corrected chi connectivity index (χ3v) is 20.4. The van der Waals surface area contributed by atoms with Crippen molar-refractivity contribution < 1.29 is 72.0 Å². The third kappa shape index (κ3) is 7.40. The molecule has 16 nitrogen and oxygen atoms in total. The van der Waals surface area contributed by atoms with Gasteiger partial charge in [-0.25, -0.2) is 29.3 Å². The summed E-state index contributed by atoms with van der Waals surface area (Å²) in [6.45, 7) is 22.9. The second kappa shape index (κ2) is 17.2. The number of hydrogen-bond donors (Lipinski definition) is 0. The van der Waals surface area contributed by atoms with E-state index in [0.29, 0.717) is 75.0 Å². The monoisotopic (exact) mass is 948 g/mol. The summed E-state index contributed by atoms with van der Waals surface area (Å²) >= 11 is 0. The molecule has 15 rings (SSSR count). The first-order chi connectivity index (χ1) is 32.1. The van der Waals surface area contributed by atoms with Gasteiger partial charge in [-0.05, 0) is 114 Å². The first kappa shape index (κ1) is 47.4. The van der Waals surface area contributed by atoms with Gasteiger partial charge >= 0.3 is 0 Å². The second-order valence-corrected chi connectivity index (χ2v) is 24.3. The molecule has 12 aliphatic heterocycles. The van der Waals surface area contributed by atoms with Crippen LogP contribution in [0.3, 0.4) is 0 Å². The molecule has 15 fully saturated rings. The van der Waals surface area contributed by atoms with Crippen molar-refractivity contribution >= 4 is 0 Å². The molecule has 0 aromatic carbocycles. The zero-order chi connectivity index (χ0) is 46.3. The van der Waals surface area contributed by atoms with Gasteiger partial charge in [-0.3, -0.25) is 4.90 Å². The Morgan fingerprint density at radius 1 is 0.388 bits per heavy atom. The van der Waals surface area contributed by atoms with E-state index in [9.17, 15) is 0 Å². The van der Waals surface area contributed by atoms with Gasteiger partial charge in [0.2, 0.25) is 17.4 Å². The average Bonchev–Trinajstić information content (AvgIpc) is 3.78. The van der Waals surface area contributed by atoms with Gasteiger partial charge in [-0.15, -0.1) is 0 Å². The first-order valence-corrected chi connectivity index (χ1v) is 26.8. The number of nitrogens with zero attached hydrogens (tertiary/aromatic N) is 1. The van der Waals surface area contributed by atoms with E-state index in [0.717, 1.165) is 77.0 Å². The summed E-state index contributed by atoms with van der Waals surface area (Å²) in [5, 5.41) is 0. The number of fused-ring (bicyclic) bond motifs is 6. The van der Waals surface area contributed by atoms with Crippen molar-refractivity contribution in [2.24, 2.45) is 71.0 Å². The minimum absolute atomic E-state index is 0.0865. The quantitative estimate of drug-likeness (QED) is 0.175. The van der Waals surface area contributed by atoms with Crippen molar-refractivity contribution in [3.05, 3.63) is 0 Å². The van der Waals surface area contributed by atoms with Crippen LogP contribution in [0.1, 0.15) is 139 Å². The van der Waals surface area contributed by atoms with Crippen LogP contribution in [0.2, 0.25) is 0 Å². The highest BCUT2D eigenvalue weighted by Crippen LogP contribution is 2.64. The highest BCUT2D eigenvalue weighted by atomic mass is 17.3. The molecular weight excluding hydrogens is 867 g/mol. The summed E-state index contributed by atoms with van der Waals surface area (Å²) in [7, 11) is 0. The Bertz CT molecular complexity index is 1620. The minimum atomic E-state index is -0.838. The largest absolute Gasteiger partial charge is 0.351 e. The molecule has 15 aliphatic rings. The van der Waals surface area contributed by atoms with Crippen LogP contribution in [0.25, 0.3) is 0 Å². The van der Waals surface area contributed by atoms with Crippen LogP contribution < -0.4 is 0 Å². The summed E-state index contributed by atoms with van der Waals surface area (Å²) in [6.07, 6.45) is 8.80. The lowest BCUT2D eigenvalue weighted by Gasteiger charge is -2.60. The van der Waals surface area contributed by atoms with Crippen molar-refractivity contribution in [1.82, 2.24) is 4.90 Å². The van der Waals surface area contributed by atoms with E-state index in [1.807, 2.05) is 20.8 Å². The predicted molar refractivity (Wildman–Crippen MR) is 235 cm³/mol. The molecule has 0 radical (unpaired) electrons. The Kier molecular flexibility index (Phi) is 12.2. The van der Waals surface area contributed by atoms with Crippen molar-refractivity contribution in [2.45, 2.75) is 211 Å². The van der Waals surface area contributed by atoms with E-state index in [2.05, 4.69) is 46.4 Å². The van der Waals surface area contributed by atoms with Gasteiger partial charge in [0, 0.05) is 74.4 Å². The number of rotatable bonds is 12. The van der Waals surface area contributed by atoms with Gasteiger partial charge in [0.1, 0.15) is 0 Å². The maximum Gasteiger partial charge on any atom is 0.201 e. The standard InChI is InChI=1S/C51H81NO15/c1-28-10-13-37-31(4)40(56-43-49(37)34(28)16-19-46(7,59-43)62-65-49)53-25-22-52(23-26-54-41-32(5)38-14-11-29(2)35-17-20-47(8)60-44(57-41)50(35,38)66-63-47)24-27-55-42-33(6)39-15-12-30(3)36-18-21-48(9)61-45(58-42)51(36,39)67-64-48/h28-45H,10-27H2,1-9H3/t28-,29-,30-,31-,32-,33-,34+,35+,36+,37+,38+,39+,40?,41?,42?,43-,44-,45-,46?,47?,48?,49-,50-,51-/m1/s1. The van der Waals surface area contributed by atoms with Crippen molar-refractivity contribution in [2.75, 3.05) is 39.5 Å². The number of ether oxygens (including phenoxy) is 9. The molecule has 3 aliphatic carbocycles. The summed E-state index contributed by atoms with van der Waals surface area (Å²) in [5.74, 6) is 0.710. The molecule has 0 amide bonds. The Morgan fingerprint density at radius 2 is 0.687 bits per heavy atom. The van der Waals surface area contributed by atoms with E-state index in [-0.39, 0.29) is 35.5 Å². The normalized spacial score (nSPS) is 57.2. The van der Waals surface area contributed by atoms with Gasteiger partial charge in [-0.2, -0.15) is 0 Å². The van der Waals surface area contributed by atoms with Crippen LogP contribution in [0.4, 0.5) is 0 Å². The summed E-state index contributed by atoms with van der Waals surface area (Å²) in [5.41, 5.74) is -1.89. The second-order valence-electron chi connectivity index (χ2n) is 24.3. The smallest absolute Gasteiger partial charge is 0.201 e.